The molecule has 7 nitrogen and oxygen atoms in total. The summed E-state index contributed by atoms with van der Waals surface area (Å²) >= 11 is 1.39. The van der Waals surface area contributed by atoms with Crippen molar-refractivity contribution in [2.45, 2.75) is 33.1 Å². The zero-order valence-corrected chi connectivity index (χ0v) is 15.4. The standard InChI is InChI=1S/C18H19NO6S/c1-3-23-18(22)15-11-5-4-6-13(11)26-17(15)19-14(21)9-25-16-10(2)24-8-7-12(16)20/h7-8H,3-6,9H2,1-2H3,(H,19,21). The Kier molecular flexibility index (Phi) is 5.41. The minimum atomic E-state index is -0.460. The van der Waals surface area contributed by atoms with Gasteiger partial charge < -0.3 is 19.2 Å². The minimum absolute atomic E-state index is 0.00180. The predicted molar refractivity (Wildman–Crippen MR) is 96.1 cm³/mol. The molecule has 0 spiro atoms. The number of ether oxygens (including phenoxy) is 2. The molecule has 8 heteroatoms. The van der Waals surface area contributed by atoms with Crippen molar-refractivity contribution in [2.24, 2.45) is 0 Å². The van der Waals surface area contributed by atoms with E-state index >= 15 is 0 Å². The monoisotopic (exact) mass is 377 g/mol. The van der Waals surface area contributed by atoms with Crippen molar-refractivity contribution >= 4 is 28.2 Å². The van der Waals surface area contributed by atoms with Gasteiger partial charge in [0.1, 0.15) is 10.8 Å². The van der Waals surface area contributed by atoms with Gasteiger partial charge in [-0.05, 0) is 38.7 Å². The highest BCUT2D eigenvalue weighted by Gasteiger charge is 2.28. The van der Waals surface area contributed by atoms with Gasteiger partial charge in [0.15, 0.2) is 6.61 Å². The molecule has 0 atom stereocenters. The van der Waals surface area contributed by atoms with Crippen LogP contribution in [0.3, 0.4) is 0 Å². The highest BCUT2D eigenvalue weighted by atomic mass is 32.1. The number of carbonyl (C=O) groups is 2. The average Bonchev–Trinajstić information content (AvgIpc) is 3.15. The molecule has 1 aliphatic carbocycles. The van der Waals surface area contributed by atoms with Crippen molar-refractivity contribution in [1.82, 2.24) is 0 Å². The first kappa shape index (κ1) is 18.2. The van der Waals surface area contributed by atoms with E-state index in [2.05, 4.69) is 5.32 Å². The maximum absolute atomic E-state index is 12.3. The third-order valence-electron chi connectivity index (χ3n) is 4.01. The van der Waals surface area contributed by atoms with Crippen LogP contribution in [0.4, 0.5) is 5.00 Å². The Bertz CT molecular complexity index is 898. The molecular weight excluding hydrogens is 358 g/mol. The van der Waals surface area contributed by atoms with E-state index in [4.69, 9.17) is 13.9 Å². The Hall–Kier alpha value is -2.61. The molecule has 0 saturated heterocycles. The fourth-order valence-corrected chi connectivity index (χ4v) is 4.18. The highest BCUT2D eigenvalue weighted by molar-refractivity contribution is 7.17. The fraction of sp³-hybridized carbons (Fsp3) is 0.389. The third kappa shape index (κ3) is 3.65. The second-order valence-corrected chi connectivity index (χ2v) is 6.89. The number of thiophene rings is 1. The third-order valence-corrected chi connectivity index (χ3v) is 5.22. The summed E-state index contributed by atoms with van der Waals surface area (Å²) in [7, 11) is 0. The van der Waals surface area contributed by atoms with Crippen LogP contribution in [0.2, 0.25) is 0 Å². The van der Waals surface area contributed by atoms with Crippen LogP contribution in [-0.2, 0) is 22.4 Å². The summed E-state index contributed by atoms with van der Waals surface area (Å²) in [5, 5.41) is 3.18. The quantitative estimate of drug-likeness (QED) is 0.778. The first-order valence-corrected chi connectivity index (χ1v) is 9.15. The Morgan fingerprint density at radius 2 is 2.15 bits per heavy atom. The molecule has 0 unspecified atom stereocenters. The van der Waals surface area contributed by atoms with Gasteiger partial charge in [0.05, 0.1) is 18.4 Å². The summed E-state index contributed by atoms with van der Waals surface area (Å²) in [6.07, 6.45) is 3.96. The van der Waals surface area contributed by atoms with Gasteiger partial charge in [-0.1, -0.05) is 0 Å². The van der Waals surface area contributed by atoms with E-state index in [0.29, 0.717) is 16.3 Å². The number of rotatable bonds is 6. The van der Waals surface area contributed by atoms with E-state index in [1.165, 1.54) is 23.7 Å². The van der Waals surface area contributed by atoms with Gasteiger partial charge in [-0.25, -0.2) is 4.79 Å². The molecule has 0 fully saturated rings. The van der Waals surface area contributed by atoms with E-state index in [-0.39, 0.29) is 24.4 Å². The number of fused-ring (bicyclic) bond motifs is 1. The maximum Gasteiger partial charge on any atom is 0.341 e. The van der Waals surface area contributed by atoms with Crippen LogP contribution in [0.1, 0.15) is 39.9 Å². The number of amides is 1. The summed E-state index contributed by atoms with van der Waals surface area (Å²) < 4.78 is 15.5. The summed E-state index contributed by atoms with van der Waals surface area (Å²) in [4.78, 5) is 37.4. The molecule has 1 N–H and O–H groups in total. The maximum atomic E-state index is 12.3. The fourth-order valence-electron chi connectivity index (χ4n) is 2.89. The molecule has 0 bridgehead atoms. The van der Waals surface area contributed by atoms with Gasteiger partial charge in [0, 0.05) is 10.9 Å². The van der Waals surface area contributed by atoms with Crippen molar-refractivity contribution in [2.75, 3.05) is 18.5 Å². The summed E-state index contributed by atoms with van der Waals surface area (Å²) in [5.74, 6) is -0.588. The van der Waals surface area contributed by atoms with E-state index in [0.717, 1.165) is 29.7 Å². The average molecular weight is 377 g/mol. The molecule has 0 saturated carbocycles. The predicted octanol–water partition coefficient (Wildman–Crippen LogP) is 2.69. The normalized spacial score (nSPS) is 12.5. The molecule has 2 heterocycles. The number of carbonyl (C=O) groups excluding carboxylic acids is 2. The number of hydrogen-bond donors (Lipinski definition) is 1. The number of nitrogens with one attached hydrogen (secondary N) is 1. The van der Waals surface area contributed by atoms with E-state index in [1.54, 1.807) is 13.8 Å². The smallest absolute Gasteiger partial charge is 0.341 e. The first-order valence-electron chi connectivity index (χ1n) is 8.34. The molecule has 138 valence electrons. The highest BCUT2D eigenvalue weighted by Crippen LogP contribution is 2.39. The largest absolute Gasteiger partial charge is 0.476 e. The number of aryl methyl sites for hydroxylation is 2. The van der Waals surface area contributed by atoms with Crippen molar-refractivity contribution in [1.29, 1.82) is 0 Å². The lowest BCUT2D eigenvalue weighted by Gasteiger charge is -2.09. The van der Waals surface area contributed by atoms with E-state index < -0.39 is 11.9 Å². The lowest BCUT2D eigenvalue weighted by atomic mass is 10.1. The van der Waals surface area contributed by atoms with Gasteiger partial charge >= 0.3 is 5.97 Å². The van der Waals surface area contributed by atoms with Crippen molar-refractivity contribution in [3.8, 4) is 5.75 Å². The number of esters is 1. The molecule has 26 heavy (non-hydrogen) atoms. The molecule has 0 aromatic carbocycles. The second-order valence-electron chi connectivity index (χ2n) is 5.79. The van der Waals surface area contributed by atoms with Gasteiger partial charge in [0.25, 0.3) is 5.91 Å². The van der Waals surface area contributed by atoms with E-state index in [1.807, 2.05) is 0 Å². The van der Waals surface area contributed by atoms with Crippen LogP contribution in [0, 0.1) is 6.92 Å². The Balaban J connectivity index is 1.74. The summed E-state index contributed by atoms with van der Waals surface area (Å²) in [5.41, 5.74) is 1.04. The molecule has 2 aromatic rings. The summed E-state index contributed by atoms with van der Waals surface area (Å²) in [6, 6.07) is 1.23. The molecule has 0 radical (unpaired) electrons. The van der Waals surface area contributed by atoms with Crippen LogP contribution >= 0.6 is 11.3 Å². The van der Waals surface area contributed by atoms with Crippen LogP contribution in [0.5, 0.6) is 5.75 Å². The minimum Gasteiger partial charge on any atom is -0.476 e. The van der Waals surface area contributed by atoms with Crippen molar-refractivity contribution in [3.05, 3.63) is 44.3 Å². The number of anilines is 1. The molecule has 1 aliphatic rings. The van der Waals surface area contributed by atoms with Crippen molar-refractivity contribution < 1.29 is 23.5 Å². The number of hydrogen-bond acceptors (Lipinski definition) is 7. The topological polar surface area (TPSA) is 94.8 Å². The van der Waals surface area contributed by atoms with Crippen LogP contribution in [0.15, 0.2) is 21.5 Å². The van der Waals surface area contributed by atoms with Crippen LogP contribution < -0.4 is 15.5 Å². The Morgan fingerprint density at radius 1 is 1.35 bits per heavy atom. The first-order chi connectivity index (χ1) is 12.5. The Labute approximate surface area is 153 Å². The lowest BCUT2D eigenvalue weighted by molar-refractivity contribution is -0.118. The van der Waals surface area contributed by atoms with Crippen LogP contribution in [-0.4, -0.2) is 25.1 Å². The van der Waals surface area contributed by atoms with Gasteiger partial charge in [-0.3, -0.25) is 9.59 Å². The zero-order valence-electron chi connectivity index (χ0n) is 14.5. The molecule has 1 amide bonds. The van der Waals surface area contributed by atoms with Gasteiger partial charge in [-0.2, -0.15) is 0 Å². The van der Waals surface area contributed by atoms with Crippen molar-refractivity contribution in [3.63, 3.8) is 0 Å². The molecule has 0 aliphatic heterocycles. The molecular formula is C18H19NO6S. The van der Waals surface area contributed by atoms with Crippen LogP contribution in [0.25, 0.3) is 0 Å². The SMILES string of the molecule is CCOC(=O)c1c(NC(=O)COc2c(C)occc2=O)sc2c1CCC2. The molecule has 3 rings (SSSR count). The summed E-state index contributed by atoms with van der Waals surface area (Å²) in [6.45, 7) is 3.23. The van der Waals surface area contributed by atoms with Gasteiger partial charge in [-0.15, -0.1) is 11.3 Å². The zero-order chi connectivity index (χ0) is 18.7. The Morgan fingerprint density at radius 3 is 2.88 bits per heavy atom. The molecule has 2 aromatic heterocycles. The van der Waals surface area contributed by atoms with E-state index in [9.17, 15) is 14.4 Å². The second kappa shape index (κ2) is 7.74. The lowest BCUT2D eigenvalue weighted by Crippen LogP contribution is -2.23. The van der Waals surface area contributed by atoms with Gasteiger partial charge in [0.2, 0.25) is 11.2 Å².